The van der Waals surface area contributed by atoms with Crippen LogP contribution in [0.15, 0.2) is 0 Å². The van der Waals surface area contributed by atoms with E-state index in [1.807, 2.05) is 7.05 Å². The van der Waals surface area contributed by atoms with Gasteiger partial charge in [0.2, 0.25) is 0 Å². The molecule has 1 aliphatic rings. The van der Waals surface area contributed by atoms with Gasteiger partial charge in [-0.05, 0) is 12.8 Å². The first-order valence-corrected chi connectivity index (χ1v) is 4.25. The Morgan fingerprint density at radius 1 is 1.45 bits per heavy atom. The van der Waals surface area contributed by atoms with Gasteiger partial charge in [-0.3, -0.25) is 5.84 Å². The van der Waals surface area contributed by atoms with Gasteiger partial charge < -0.3 is 5.11 Å². The van der Waals surface area contributed by atoms with Crippen LogP contribution in [0.3, 0.4) is 0 Å². The monoisotopic (exact) mass is 158 g/mol. The molecule has 1 rings (SSSR count). The fraction of sp³-hybridized carbons (Fsp3) is 1.00. The zero-order chi connectivity index (χ0) is 8.32. The number of nitrogens with zero attached hydrogens (tertiary/aromatic N) is 1. The Balaban J connectivity index is 2.45. The third kappa shape index (κ3) is 2.15. The molecule has 0 saturated heterocycles. The number of aliphatic hydroxyl groups is 1. The van der Waals surface area contributed by atoms with Crippen molar-refractivity contribution in [3.63, 3.8) is 0 Å². The average molecular weight is 158 g/mol. The molecule has 0 radical (unpaired) electrons. The van der Waals surface area contributed by atoms with Crippen molar-refractivity contribution < 1.29 is 5.11 Å². The largest absolute Gasteiger partial charge is 0.396 e. The molecule has 66 valence electrons. The second-order valence-corrected chi connectivity index (χ2v) is 3.78. The third-order valence-electron chi connectivity index (χ3n) is 2.58. The van der Waals surface area contributed by atoms with Crippen molar-refractivity contribution in [2.24, 2.45) is 11.3 Å². The van der Waals surface area contributed by atoms with E-state index in [4.69, 9.17) is 5.84 Å². The first kappa shape index (κ1) is 8.97. The van der Waals surface area contributed by atoms with Gasteiger partial charge in [0.25, 0.3) is 0 Å². The molecule has 0 spiro atoms. The number of hydrogen-bond acceptors (Lipinski definition) is 3. The highest BCUT2D eigenvalue weighted by molar-refractivity contribution is 4.85. The fourth-order valence-electron chi connectivity index (χ4n) is 2.02. The Kier molecular flexibility index (Phi) is 2.87. The second-order valence-electron chi connectivity index (χ2n) is 3.78. The summed E-state index contributed by atoms with van der Waals surface area (Å²) < 4.78 is 0. The van der Waals surface area contributed by atoms with E-state index in [1.165, 1.54) is 12.8 Å². The Hall–Kier alpha value is -0.120. The minimum Gasteiger partial charge on any atom is -0.396 e. The topological polar surface area (TPSA) is 49.5 Å². The first-order chi connectivity index (χ1) is 5.18. The van der Waals surface area contributed by atoms with Crippen molar-refractivity contribution in [2.75, 3.05) is 20.2 Å². The summed E-state index contributed by atoms with van der Waals surface area (Å²) in [6.07, 6.45) is 4.75. The lowest BCUT2D eigenvalue weighted by Gasteiger charge is -2.29. The predicted molar refractivity (Wildman–Crippen MR) is 44.8 cm³/mol. The van der Waals surface area contributed by atoms with E-state index >= 15 is 0 Å². The summed E-state index contributed by atoms with van der Waals surface area (Å²) in [4.78, 5) is 0. The molecule has 3 N–H and O–H groups in total. The maximum absolute atomic E-state index is 9.18. The third-order valence-corrected chi connectivity index (χ3v) is 2.58. The lowest BCUT2D eigenvalue weighted by molar-refractivity contribution is 0.0892. The van der Waals surface area contributed by atoms with Crippen LogP contribution in [0.4, 0.5) is 0 Å². The normalized spacial score (nSPS) is 22.9. The van der Waals surface area contributed by atoms with Crippen LogP contribution in [-0.4, -0.2) is 30.3 Å². The summed E-state index contributed by atoms with van der Waals surface area (Å²) in [7, 11) is 1.86. The van der Waals surface area contributed by atoms with E-state index in [0.29, 0.717) is 0 Å². The Morgan fingerprint density at radius 3 is 2.36 bits per heavy atom. The molecule has 0 unspecified atom stereocenters. The highest BCUT2D eigenvalue weighted by Crippen LogP contribution is 2.37. The lowest BCUT2D eigenvalue weighted by atomic mass is 9.87. The van der Waals surface area contributed by atoms with Crippen molar-refractivity contribution in [1.29, 1.82) is 0 Å². The van der Waals surface area contributed by atoms with Crippen LogP contribution in [0.2, 0.25) is 0 Å². The maximum atomic E-state index is 9.18. The Labute approximate surface area is 68.2 Å². The van der Waals surface area contributed by atoms with Gasteiger partial charge in [-0.25, -0.2) is 5.01 Å². The zero-order valence-electron chi connectivity index (χ0n) is 7.21. The van der Waals surface area contributed by atoms with Crippen LogP contribution in [-0.2, 0) is 0 Å². The van der Waals surface area contributed by atoms with Crippen LogP contribution in [0, 0.1) is 5.41 Å². The maximum Gasteiger partial charge on any atom is 0.0500 e. The average Bonchev–Trinajstić information content (AvgIpc) is 2.36. The van der Waals surface area contributed by atoms with Gasteiger partial charge in [0, 0.05) is 25.6 Å². The van der Waals surface area contributed by atoms with Crippen LogP contribution >= 0.6 is 0 Å². The van der Waals surface area contributed by atoms with Crippen molar-refractivity contribution in [3.8, 4) is 0 Å². The molecular weight excluding hydrogens is 140 g/mol. The van der Waals surface area contributed by atoms with Gasteiger partial charge in [-0.1, -0.05) is 12.8 Å². The Morgan fingerprint density at radius 2 is 2.00 bits per heavy atom. The standard InChI is InChI=1S/C8H18N2O/c1-10(9)6-8(7-11)4-2-3-5-8/h11H,2-7,9H2,1H3. The summed E-state index contributed by atoms with van der Waals surface area (Å²) in [5, 5.41) is 10.9. The van der Waals surface area contributed by atoms with Crippen molar-refractivity contribution in [1.82, 2.24) is 5.01 Å². The zero-order valence-corrected chi connectivity index (χ0v) is 7.21. The quantitative estimate of drug-likeness (QED) is 0.460. The van der Waals surface area contributed by atoms with E-state index < -0.39 is 0 Å². The molecule has 0 aliphatic heterocycles. The molecule has 0 amide bonds. The van der Waals surface area contributed by atoms with E-state index in [9.17, 15) is 5.11 Å². The van der Waals surface area contributed by atoms with Gasteiger partial charge in [0.05, 0.1) is 0 Å². The molecule has 11 heavy (non-hydrogen) atoms. The first-order valence-electron chi connectivity index (χ1n) is 4.25. The van der Waals surface area contributed by atoms with Gasteiger partial charge in [0.1, 0.15) is 0 Å². The molecule has 1 aliphatic carbocycles. The van der Waals surface area contributed by atoms with Gasteiger partial charge in [0.15, 0.2) is 0 Å². The van der Waals surface area contributed by atoms with Crippen LogP contribution < -0.4 is 5.84 Å². The van der Waals surface area contributed by atoms with Crippen molar-refractivity contribution >= 4 is 0 Å². The molecular formula is C8H18N2O. The van der Waals surface area contributed by atoms with Gasteiger partial charge in [-0.15, -0.1) is 0 Å². The molecule has 0 heterocycles. The fourth-order valence-corrected chi connectivity index (χ4v) is 2.02. The number of nitrogens with two attached hydrogens (primary N) is 1. The smallest absolute Gasteiger partial charge is 0.0500 e. The molecule has 0 aromatic heterocycles. The molecule has 3 nitrogen and oxygen atoms in total. The van der Waals surface area contributed by atoms with Crippen molar-refractivity contribution in [3.05, 3.63) is 0 Å². The summed E-state index contributed by atoms with van der Waals surface area (Å²) in [5.74, 6) is 5.56. The molecule has 3 heteroatoms. The highest BCUT2D eigenvalue weighted by Gasteiger charge is 2.33. The highest BCUT2D eigenvalue weighted by atomic mass is 16.3. The number of hydrazine groups is 1. The Bertz CT molecular complexity index is 119. The van der Waals surface area contributed by atoms with Crippen LogP contribution in [0.1, 0.15) is 25.7 Å². The van der Waals surface area contributed by atoms with Gasteiger partial charge in [-0.2, -0.15) is 0 Å². The lowest BCUT2D eigenvalue weighted by Crippen LogP contribution is -2.40. The van der Waals surface area contributed by atoms with Gasteiger partial charge >= 0.3 is 0 Å². The van der Waals surface area contributed by atoms with E-state index in [2.05, 4.69) is 0 Å². The van der Waals surface area contributed by atoms with Crippen LogP contribution in [0.5, 0.6) is 0 Å². The summed E-state index contributed by atoms with van der Waals surface area (Å²) in [6.45, 7) is 1.11. The summed E-state index contributed by atoms with van der Waals surface area (Å²) in [5.41, 5.74) is 0.115. The molecule has 0 aromatic rings. The number of hydrogen-bond donors (Lipinski definition) is 2. The summed E-state index contributed by atoms with van der Waals surface area (Å²) in [6, 6.07) is 0. The van der Waals surface area contributed by atoms with E-state index in [-0.39, 0.29) is 12.0 Å². The number of rotatable bonds is 3. The second kappa shape index (κ2) is 3.52. The molecule has 0 atom stereocenters. The predicted octanol–water partition coefficient (Wildman–Crippen LogP) is 0.345. The van der Waals surface area contributed by atoms with E-state index in [1.54, 1.807) is 5.01 Å². The summed E-state index contributed by atoms with van der Waals surface area (Å²) >= 11 is 0. The molecule has 0 bridgehead atoms. The molecule has 1 fully saturated rings. The SMILES string of the molecule is CN(N)CC1(CO)CCCC1. The number of aliphatic hydroxyl groups excluding tert-OH is 1. The molecule has 1 saturated carbocycles. The van der Waals surface area contributed by atoms with E-state index in [0.717, 1.165) is 19.4 Å². The minimum atomic E-state index is 0.115. The van der Waals surface area contributed by atoms with Crippen molar-refractivity contribution in [2.45, 2.75) is 25.7 Å². The molecule has 0 aromatic carbocycles. The minimum absolute atomic E-state index is 0.115. The van der Waals surface area contributed by atoms with Crippen LogP contribution in [0.25, 0.3) is 0 Å².